The zero-order valence-electron chi connectivity index (χ0n) is 21.1. The van der Waals surface area contributed by atoms with Crippen molar-refractivity contribution in [2.24, 2.45) is 0 Å². The van der Waals surface area contributed by atoms with E-state index in [1.165, 1.54) is 0 Å². The molecule has 0 fully saturated rings. The van der Waals surface area contributed by atoms with Crippen molar-refractivity contribution < 1.29 is 33.6 Å². The monoisotopic (exact) mass is 493 g/mol. The first kappa shape index (κ1) is 25.2. The molecule has 0 saturated heterocycles. The largest absolute Gasteiger partial charge is 0.493 e. The van der Waals surface area contributed by atoms with Crippen LogP contribution < -0.4 is 23.7 Å². The highest BCUT2D eigenvalue weighted by molar-refractivity contribution is 5.84. The molecule has 8 nitrogen and oxygen atoms in total. The first-order valence-electron chi connectivity index (χ1n) is 11.5. The van der Waals surface area contributed by atoms with E-state index in [2.05, 4.69) is 0 Å². The Morgan fingerprint density at radius 2 is 1.42 bits per heavy atom. The Labute approximate surface area is 210 Å². The van der Waals surface area contributed by atoms with Gasteiger partial charge in [0.25, 0.3) is 0 Å². The lowest BCUT2D eigenvalue weighted by molar-refractivity contribution is -0.137. The van der Waals surface area contributed by atoms with Gasteiger partial charge in [0.15, 0.2) is 23.0 Å². The molecule has 0 radical (unpaired) electrons. The zero-order chi connectivity index (χ0) is 25.8. The van der Waals surface area contributed by atoms with Gasteiger partial charge in [-0.1, -0.05) is 30.3 Å². The predicted molar refractivity (Wildman–Crippen MR) is 134 cm³/mol. The third kappa shape index (κ3) is 4.40. The van der Waals surface area contributed by atoms with E-state index in [0.29, 0.717) is 28.7 Å². The van der Waals surface area contributed by atoms with Gasteiger partial charge in [-0.3, -0.25) is 4.79 Å². The van der Waals surface area contributed by atoms with Gasteiger partial charge in [0.1, 0.15) is 0 Å². The molecule has 1 heterocycles. The third-order valence-corrected chi connectivity index (χ3v) is 6.54. The van der Waals surface area contributed by atoms with Gasteiger partial charge in [0.2, 0.25) is 11.7 Å². The standard InChI is InChI=1S/C28H31NO7/c1-32-22-11-18-14-26(31)29(21(16-30)17-9-7-6-8-10-17)27(20(18)15-23(22)33-2)19-12-24(34-3)28(36-5)25(13-19)35-4/h6-13,15,21,27,30H,14,16H2,1-5H3/t21-,27-/m0/s1. The molecule has 190 valence electrons. The maximum Gasteiger partial charge on any atom is 0.228 e. The van der Waals surface area contributed by atoms with Crippen molar-refractivity contribution in [1.82, 2.24) is 4.90 Å². The maximum absolute atomic E-state index is 13.8. The lowest BCUT2D eigenvalue weighted by atomic mass is 9.85. The van der Waals surface area contributed by atoms with E-state index in [-0.39, 0.29) is 18.9 Å². The highest BCUT2D eigenvalue weighted by atomic mass is 16.5. The molecule has 1 amide bonds. The summed E-state index contributed by atoms with van der Waals surface area (Å²) in [5.74, 6) is 2.34. The number of hydrogen-bond donors (Lipinski definition) is 1. The van der Waals surface area contributed by atoms with E-state index in [4.69, 9.17) is 23.7 Å². The normalized spacial score (nSPS) is 15.7. The van der Waals surface area contributed by atoms with Gasteiger partial charge in [0, 0.05) is 0 Å². The van der Waals surface area contributed by atoms with E-state index in [0.717, 1.165) is 22.3 Å². The van der Waals surface area contributed by atoms with Gasteiger partial charge in [-0.05, 0) is 46.5 Å². The third-order valence-electron chi connectivity index (χ3n) is 6.54. The molecule has 0 bridgehead atoms. The molecule has 0 unspecified atom stereocenters. The minimum absolute atomic E-state index is 0.128. The molecule has 2 atom stereocenters. The molecule has 3 aromatic rings. The summed E-state index contributed by atoms with van der Waals surface area (Å²) in [5, 5.41) is 10.5. The molecule has 0 aliphatic carbocycles. The fraction of sp³-hybridized carbons (Fsp3) is 0.321. The molecule has 1 aliphatic heterocycles. The minimum Gasteiger partial charge on any atom is -0.493 e. The summed E-state index contributed by atoms with van der Waals surface area (Å²) in [4.78, 5) is 15.5. The van der Waals surface area contributed by atoms with E-state index in [9.17, 15) is 9.90 Å². The van der Waals surface area contributed by atoms with Crippen LogP contribution in [0.4, 0.5) is 0 Å². The van der Waals surface area contributed by atoms with Crippen LogP contribution in [0.15, 0.2) is 54.6 Å². The van der Waals surface area contributed by atoms with Crippen molar-refractivity contribution in [3.63, 3.8) is 0 Å². The minimum atomic E-state index is -0.580. The molecule has 0 spiro atoms. The summed E-state index contributed by atoms with van der Waals surface area (Å²) in [6.07, 6.45) is 0.153. The number of aliphatic hydroxyl groups excluding tert-OH is 1. The van der Waals surface area contributed by atoms with Gasteiger partial charge in [0.05, 0.1) is 60.7 Å². The molecule has 1 aliphatic rings. The van der Waals surface area contributed by atoms with Gasteiger partial charge in [-0.25, -0.2) is 0 Å². The van der Waals surface area contributed by atoms with Gasteiger partial charge < -0.3 is 33.7 Å². The summed E-state index contributed by atoms with van der Waals surface area (Å²) in [5.41, 5.74) is 3.24. The van der Waals surface area contributed by atoms with E-state index in [1.807, 2.05) is 54.6 Å². The smallest absolute Gasteiger partial charge is 0.228 e. The van der Waals surface area contributed by atoms with E-state index < -0.39 is 12.1 Å². The lowest BCUT2D eigenvalue weighted by Crippen LogP contribution is -2.44. The molecule has 4 rings (SSSR count). The fourth-order valence-electron chi connectivity index (χ4n) is 4.87. The van der Waals surface area contributed by atoms with Crippen LogP contribution in [0.25, 0.3) is 0 Å². The van der Waals surface area contributed by atoms with Crippen LogP contribution in [-0.4, -0.2) is 58.1 Å². The van der Waals surface area contributed by atoms with Crippen LogP contribution in [0.5, 0.6) is 28.7 Å². The highest BCUT2D eigenvalue weighted by Crippen LogP contribution is 2.48. The van der Waals surface area contributed by atoms with Crippen LogP contribution in [0.2, 0.25) is 0 Å². The van der Waals surface area contributed by atoms with Crippen molar-refractivity contribution in [1.29, 1.82) is 0 Å². The molecule has 0 saturated carbocycles. The van der Waals surface area contributed by atoms with E-state index >= 15 is 0 Å². The average molecular weight is 494 g/mol. The predicted octanol–water partition coefficient (Wildman–Crippen LogP) is 3.94. The topological polar surface area (TPSA) is 86.7 Å². The van der Waals surface area contributed by atoms with Crippen LogP contribution in [-0.2, 0) is 11.2 Å². The SMILES string of the molecule is COc1cc2c(cc1OC)[C@H](c1cc(OC)c(OC)c(OC)c1)N([C@@H](CO)c1ccccc1)C(=O)C2. The van der Waals surface area contributed by atoms with Crippen LogP contribution in [0.3, 0.4) is 0 Å². The Morgan fingerprint density at radius 3 is 1.94 bits per heavy atom. The first-order chi connectivity index (χ1) is 17.5. The molecular weight excluding hydrogens is 462 g/mol. The Hall–Kier alpha value is -3.91. The molecule has 3 aromatic carbocycles. The summed E-state index contributed by atoms with van der Waals surface area (Å²) in [6, 6.07) is 15.7. The van der Waals surface area contributed by atoms with Crippen molar-refractivity contribution >= 4 is 5.91 Å². The van der Waals surface area contributed by atoms with Gasteiger partial charge >= 0.3 is 0 Å². The highest BCUT2D eigenvalue weighted by Gasteiger charge is 2.40. The number of rotatable bonds is 9. The van der Waals surface area contributed by atoms with E-state index in [1.54, 1.807) is 40.4 Å². The molecule has 8 heteroatoms. The van der Waals surface area contributed by atoms with Crippen molar-refractivity contribution in [2.45, 2.75) is 18.5 Å². The van der Waals surface area contributed by atoms with Crippen molar-refractivity contribution in [2.75, 3.05) is 42.2 Å². The Bertz CT molecular complexity index is 1200. The number of amides is 1. The molecular formula is C28H31NO7. The molecule has 0 aromatic heterocycles. The Kier molecular flexibility index (Phi) is 7.55. The quantitative estimate of drug-likeness (QED) is 0.483. The number of hydrogen-bond acceptors (Lipinski definition) is 7. The second-order valence-corrected chi connectivity index (χ2v) is 8.35. The number of ether oxygens (including phenoxy) is 5. The number of nitrogens with zero attached hydrogens (tertiary/aromatic N) is 1. The number of carbonyl (C=O) groups excluding carboxylic acids is 1. The average Bonchev–Trinajstić information content (AvgIpc) is 2.92. The number of fused-ring (bicyclic) bond motifs is 1. The maximum atomic E-state index is 13.8. The summed E-state index contributed by atoms with van der Waals surface area (Å²) in [7, 11) is 7.78. The molecule has 36 heavy (non-hydrogen) atoms. The number of aliphatic hydroxyl groups is 1. The van der Waals surface area contributed by atoms with Crippen LogP contribution in [0, 0.1) is 0 Å². The molecule has 1 N–H and O–H groups in total. The van der Waals surface area contributed by atoms with Crippen LogP contribution >= 0.6 is 0 Å². The Morgan fingerprint density at radius 1 is 0.833 bits per heavy atom. The van der Waals surface area contributed by atoms with Crippen LogP contribution in [0.1, 0.15) is 34.3 Å². The summed E-state index contributed by atoms with van der Waals surface area (Å²) >= 11 is 0. The zero-order valence-corrected chi connectivity index (χ0v) is 21.1. The second kappa shape index (κ2) is 10.8. The number of benzene rings is 3. The number of methoxy groups -OCH3 is 5. The first-order valence-corrected chi connectivity index (χ1v) is 11.5. The van der Waals surface area contributed by atoms with Crippen molar-refractivity contribution in [3.05, 3.63) is 76.9 Å². The lowest BCUT2D eigenvalue weighted by Gasteiger charge is -2.42. The fourth-order valence-corrected chi connectivity index (χ4v) is 4.87. The summed E-state index contributed by atoms with van der Waals surface area (Å²) in [6.45, 7) is -0.251. The Balaban J connectivity index is 2.00. The van der Waals surface area contributed by atoms with Crippen molar-refractivity contribution in [3.8, 4) is 28.7 Å². The summed E-state index contributed by atoms with van der Waals surface area (Å²) < 4.78 is 27.8. The van der Waals surface area contributed by atoms with Gasteiger partial charge in [-0.15, -0.1) is 0 Å². The number of carbonyl (C=O) groups is 1. The second-order valence-electron chi connectivity index (χ2n) is 8.35. The van der Waals surface area contributed by atoms with Gasteiger partial charge in [-0.2, -0.15) is 0 Å².